The van der Waals surface area contributed by atoms with E-state index in [2.05, 4.69) is 11.3 Å². The van der Waals surface area contributed by atoms with Crippen molar-refractivity contribution in [1.29, 1.82) is 0 Å². The maximum absolute atomic E-state index is 12.4. The first-order valence-corrected chi connectivity index (χ1v) is 9.39. The molecule has 27 heavy (non-hydrogen) atoms. The number of furan rings is 1. The summed E-state index contributed by atoms with van der Waals surface area (Å²) < 4.78 is 11.0. The van der Waals surface area contributed by atoms with Crippen LogP contribution in [0.4, 0.5) is 0 Å². The molecule has 5 nitrogen and oxygen atoms in total. The van der Waals surface area contributed by atoms with E-state index in [0.717, 1.165) is 0 Å². The van der Waals surface area contributed by atoms with Crippen molar-refractivity contribution >= 4 is 57.9 Å². The first-order valence-electron chi connectivity index (χ1n) is 7.79. The third kappa shape index (κ3) is 4.00. The Balaban J connectivity index is 1.84. The molecule has 1 aliphatic rings. The molecule has 0 saturated carbocycles. The van der Waals surface area contributed by atoms with Gasteiger partial charge in [-0.05, 0) is 24.3 Å². The van der Waals surface area contributed by atoms with E-state index in [-0.39, 0.29) is 16.5 Å². The monoisotopic (exact) mass is 419 g/mol. The molecule has 0 unspecified atom stereocenters. The minimum absolute atomic E-state index is 0.173. The Kier molecular flexibility index (Phi) is 5.84. The maximum atomic E-state index is 12.4. The molecule has 1 aromatic carbocycles. The van der Waals surface area contributed by atoms with Crippen LogP contribution < -0.4 is 0 Å². The van der Waals surface area contributed by atoms with E-state index in [4.69, 9.17) is 28.2 Å². The molecule has 1 aliphatic heterocycles. The van der Waals surface area contributed by atoms with Crippen molar-refractivity contribution in [2.45, 2.75) is 0 Å². The molecule has 0 atom stereocenters. The van der Waals surface area contributed by atoms with Crippen LogP contribution in [0.15, 0.2) is 52.3 Å². The second kappa shape index (κ2) is 8.12. The summed E-state index contributed by atoms with van der Waals surface area (Å²) in [5.41, 5.74) is 0.979. The summed E-state index contributed by atoms with van der Waals surface area (Å²) >= 11 is 12.6. The maximum Gasteiger partial charge on any atom is 0.339 e. The van der Waals surface area contributed by atoms with Gasteiger partial charge in [0.2, 0.25) is 0 Å². The van der Waals surface area contributed by atoms with Crippen LogP contribution in [-0.2, 0) is 9.53 Å². The molecule has 138 valence electrons. The van der Waals surface area contributed by atoms with Crippen LogP contribution in [0.5, 0.6) is 0 Å². The molecule has 1 fully saturated rings. The van der Waals surface area contributed by atoms with Crippen molar-refractivity contribution < 1.29 is 18.7 Å². The average Bonchev–Trinajstić information content (AvgIpc) is 3.22. The van der Waals surface area contributed by atoms with Crippen molar-refractivity contribution in [3.05, 3.63) is 64.2 Å². The number of hydrogen-bond acceptors (Lipinski definition) is 6. The van der Waals surface area contributed by atoms with Crippen molar-refractivity contribution in [3.8, 4) is 11.3 Å². The number of carbonyl (C=O) groups excluding carboxylic acids is 2. The number of esters is 1. The summed E-state index contributed by atoms with van der Waals surface area (Å²) in [6, 6.07) is 8.42. The summed E-state index contributed by atoms with van der Waals surface area (Å²) in [4.78, 5) is 25.9. The topological polar surface area (TPSA) is 59.8 Å². The summed E-state index contributed by atoms with van der Waals surface area (Å²) in [7, 11) is 1.29. The van der Waals surface area contributed by atoms with Crippen LogP contribution in [-0.4, -0.2) is 34.8 Å². The van der Waals surface area contributed by atoms with Crippen LogP contribution in [0.3, 0.4) is 0 Å². The highest BCUT2D eigenvalue weighted by Crippen LogP contribution is 2.34. The van der Waals surface area contributed by atoms with Gasteiger partial charge in [-0.1, -0.05) is 47.7 Å². The fourth-order valence-corrected chi connectivity index (χ4v) is 3.96. The predicted molar refractivity (Wildman–Crippen MR) is 111 cm³/mol. The highest BCUT2D eigenvalue weighted by atomic mass is 35.5. The Bertz CT molecular complexity index is 980. The Hall–Kier alpha value is -2.35. The molecule has 2 heterocycles. The van der Waals surface area contributed by atoms with Crippen LogP contribution >= 0.6 is 35.6 Å². The van der Waals surface area contributed by atoms with Gasteiger partial charge in [0.1, 0.15) is 15.8 Å². The summed E-state index contributed by atoms with van der Waals surface area (Å²) in [5.74, 6) is 0.389. The van der Waals surface area contributed by atoms with Gasteiger partial charge in [-0.15, -0.1) is 6.58 Å². The van der Waals surface area contributed by atoms with Gasteiger partial charge < -0.3 is 9.15 Å². The Morgan fingerprint density at radius 1 is 1.41 bits per heavy atom. The van der Waals surface area contributed by atoms with E-state index in [1.807, 2.05) is 0 Å². The molecule has 0 aliphatic carbocycles. The van der Waals surface area contributed by atoms with Gasteiger partial charge in [0.05, 0.1) is 22.6 Å². The molecule has 1 amide bonds. The summed E-state index contributed by atoms with van der Waals surface area (Å²) in [6.07, 6.45) is 3.27. The fourth-order valence-electron chi connectivity index (χ4n) is 2.45. The lowest BCUT2D eigenvalue weighted by Gasteiger charge is -2.10. The Morgan fingerprint density at radius 3 is 2.85 bits per heavy atom. The minimum atomic E-state index is -0.506. The zero-order valence-corrected chi connectivity index (χ0v) is 16.6. The van der Waals surface area contributed by atoms with Crippen LogP contribution in [0.1, 0.15) is 16.1 Å². The van der Waals surface area contributed by atoms with Gasteiger partial charge >= 0.3 is 5.97 Å². The predicted octanol–water partition coefficient (Wildman–Crippen LogP) is 4.77. The standard InChI is InChI=1S/C19H14ClNO4S2/c1-3-8-21-17(22)16(27-19(21)26)10-12-5-7-15(25-12)11-4-6-13(14(20)9-11)18(23)24-2/h3-7,9-10H,1,8H2,2H3/b16-10-. The molecule has 8 heteroatoms. The molecule has 3 rings (SSSR count). The van der Waals surface area contributed by atoms with E-state index in [0.29, 0.717) is 32.9 Å². The largest absolute Gasteiger partial charge is 0.465 e. The number of hydrogen-bond donors (Lipinski definition) is 0. The molecule has 0 N–H and O–H groups in total. The number of carbonyl (C=O) groups is 2. The van der Waals surface area contributed by atoms with E-state index >= 15 is 0 Å². The van der Waals surface area contributed by atoms with E-state index in [9.17, 15) is 9.59 Å². The van der Waals surface area contributed by atoms with Crippen LogP contribution in [0.2, 0.25) is 5.02 Å². The number of ether oxygens (including phenoxy) is 1. The quantitative estimate of drug-likeness (QED) is 0.301. The Labute approximate surface area is 170 Å². The van der Waals surface area contributed by atoms with E-state index in [1.54, 1.807) is 42.5 Å². The lowest BCUT2D eigenvalue weighted by Crippen LogP contribution is -2.27. The molecule has 1 saturated heterocycles. The molecule has 0 bridgehead atoms. The zero-order valence-electron chi connectivity index (χ0n) is 14.2. The fraction of sp³-hybridized carbons (Fsp3) is 0.105. The van der Waals surface area contributed by atoms with Crippen molar-refractivity contribution in [3.63, 3.8) is 0 Å². The van der Waals surface area contributed by atoms with Crippen molar-refractivity contribution in [2.24, 2.45) is 0 Å². The highest BCUT2D eigenvalue weighted by Gasteiger charge is 2.31. The first-order chi connectivity index (χ1) is 12.9. The SMILES string of the molecule is C=CCN1C(=O)/C(=C/c2ccc(-c3ccc(C(=O)OC)c(Cl)c3)o2)SC1=S. The minimum Gasteiger partial charge on any atom is -0.465 e. The van der Waals surface area contributed by atoms with Gasteiger partial charge in [0, 0.05) is 18.2 Å². The normalized spacial score (nSPS) is 15.5. The zero-order chi connectivity index (χ0) is 19.6. The average molecular weight is 420 g/mol. The molecule has 0 spiro atoms. The molecule has 2 aromatic rings. The van der Waals surface area contributed by atoms with Gasteiger partial charge in [-0.2, -0.15) is 0 Å². The number of thiocarbonyl (C=S) groups is 1. The smallest absolute Gasteiger partial charge is 0.339 e. The summed E-state index contributed by atoms with van der Waals surface area (Å²) in [6.45, 7) is 4.00. The molecule has 0 radical (unpaired) electrons. The lowest BCUT2D eigenvalue weighted by molar-refractivity contribution is -0.121. The number of benzene rings is 1. The second-order valence-electron chi connectivity index (χ2n) is 5.47. The number of rotatable bonds is 5. The number of methoxy groups -OCH3 is 1. The van der Waals surface area contributed by atoms with Gasteiger partial charge in [-0.25, -0.2) is 4.79 Å². The first kappa shape index (κ1) is 19.4. The van der Waals surface area contributed by atoms with Crippen molar-refractivity contribution in [2.75, 3.05) is 13.7 Å². The van der Waals surface area contributed by atoms with Crippen LogP contribution in [0.25, 0.3) is 17.4 Å². The molecular weight excluding hydrogens is 406 g/mol. The third-order valence-electron chi connectivity index (χ3n) is 3.74. The molecule has 1 aromatic heterocycles. The Morgan fingerprint density at radius 2 is 2.19 bits per heavy atom. The summed E-state index contributed by atoms with van der Waals surface area (Å²) in [5, 5.41) is 0.266. The number of thioether (sulfide) groups is 1. The lowest BCUT2D eigenvalue weighted by atomic mass is 10.1. The highest BCUT2D eigenvalue weighted by molar-refractivity contribution is 8.26. The third-order valence-corrected chi connectivity index (χ3v) is 5.43. The van der Waals surface area contributed by atoms with Crippen molar-refractivity contribution in [1.82, 2.24) is 4.90 Å². The van der Waals surface area contributed by atoms with Gasteiger partial charge in [-0.3, -0.25) is 9.69 Å². The number of nitrogens with zero attached hydrogens (tertiary/aromatic N) is 1. The van der Waals surface area contributed by atoms with Gasteiger partial charge in [0.15, 0.2) is 0 Å². The van der Waals surface area contributed by atoms with E-state index in [1.165, 1.54) is 23.8 Å². The van der Waals surface area contributed by atoms with E-state index < -0.39 is 5.97 Å². The van der Waals surface area contributed by atoms with Crippen LogP contribution in [0, 0.1) is 0 Å². The second-order valence-corrected chi connectivity index (χ2v) is 7.55. The number of halogens is 1. The van der Waals surface area contributed by atoms with Gasteiger partial charge in [0.25, 0.3) is 5.91 Å². The number of amides is 1. The molecular formula is C19H14ClNO4S2.